The lowest BCUT2D eigenvalue weighted by molar-refractivity contribution is -0.139. The maximum atomic E-state index is 12.0. The van der Waals surface area contributed by atoms with Gasteiger partial charge >= 0.3 is 5.97 Å². The number of carbonyl (C=O) groups excluding carboxylic acids is 2. The van der Waals surface area contributed by atoms with Crippen LogP contribution in [0.2, 0.25) is 0 Å². The SMILES string of the molecule is O=C(NCCC[C@@H](NC(=O)c1ccccc1)C(=O)O)c1ccccc1. The van der Waals surface area contributed by atoms with Crippen LogP contribution >= 0.6 is 0 Å². The summed E-state index contributed by atoms with van der Waals surface area (Å²) in [7, 11) is 0. The van der Waals surface area contributed by atoms with Crippen LogP contribution in [0.4, 0.5) is 0 Å². The van der Waals surface area contributed by atoms with Gasteiger partial charge in [-0.3, -0.25) is 9.59 Å². The molecule has 0 aliphatic carbocycles. The third-order valence-electron chi connectivity index (χ3n) is 3.63. The lowest BCUT2D eigenvalue weighted by Crippen LogP contribution is -2.41. The van der Waals surface area contributed by atoms with Gasteiger partial charge in [-0.2, -0.15) is 0 Å². The van der Waals surface area contributed by atoms with Gasteiger partial charge < -0.3 is 15.7 Å². The first kappa shape index (κ1) is 18.2. The first-order valence-corrected chi connectivity index (χ1v) is 8.00. The summed E-state index contributed by atoms with van der Waals surface area (Å²) in [6.07, 6.45) is 0.660. The number of hydrogen-bond donors (Lipinski definition) is 3. The van der Waals surface area contributed by atoms with Gasteiger partial charge in [0.1, 0.15) is 6.04 Å². The molecule has 0 bridgehead atoms. The second kappa shape index (κ2) is 9.22. The Morgan fingerprint density at radius 2 is 1.36 bits per heavy atom. The average Bonchev–Trinajstić information content (AvgIpc) is 2.65. The summed E-state index contributed by atoms with van der Waals surface area (Å²) in [6, 6.07) is 16.2. The molecular weight excluding hydrogens is 320 g/mol. The average molecular weight is 340 g/mol. The molecule has 0 aliphatic rings. The zero-order valence-corrected chi connectivity index (χ0v) is 13.6. The largest absolute Gasteiger partial charge is 0.480 e. The number of carboxylic acids is 1. The lowest BCUT2D eigenvalue weighted by Gasteiger charge is -2.14. The summed E-state index contributed by atoms with van der Waals surface area (Å²) in [5, 5.41) is 14.5. The van der Waals surface area contributed by atoms with Gasteiger partial charge in [0.05, 0.1) is 0 Å². The predicted octanol–water partition coefficient (Wildman–Crippen LogP) is 2.08. The Morgan fingerprint density at radius 1 is 0.840 bits per heavy atom. The Kier molecular flexibility index (Phi) is 6.71. The second-order valence-corrected chi connectivity index (χ2v) is 5.49. The summed E-state index contributed by atoms with van der Waals surface area (Å²) in [5.41, 5.74) is 0.959. The van der Waals surface area contributed by atoms with Crippen LogP contribution in [0.15, 0.2) is 60.7 Å². The molecule has 0 unspecified atom stereocenters. The molecule has 130 valence electrons. The highest BCUT2D eigenvalue weighted by atomic mass is 16.4. The van der Waals surface area contributed by atoms with Gasteiger partial charge in [0, 0.05) is 17.7 Å². The molecule has 25 heavy (non-hydrogen) atoms. The predicted molar refractivity (Wildman–Crippen MR) is 93.3 cm³/mol. The Balaban J connectivity index is 1.79. The smallest absolute Gasteiger partial charge is 0.326 e. The number of nitrogens with one attached hydrogen (secondary N) is 2. The highest BCUT2D eigenvalue weighted by molar-refractivity contribution is 5.96. The maximum absolute atomic E-state index is 12.0. The minimum atomic E-state index is -1.10. The number of carbonyl (C=O) groups is 3. The van der Waals surface area contributed by atoms with Crippen LogP contribution in [0.3, 0.4) is 0 Å². The van der Waals surface area contributed by atoms with E-state index in [4.69, 9.17) is 0 Å². The van der Waals surface area contributed by atoms with Gasteiger partial charge in [0.25, 0.3) is 11.8 Å². The number of aliphatic carboxylic acids is 1. The molecule has 0 fully saturated rings. The molecule has 2 aromatic carbocycles. The van der Waals surface area contributed by atoms with E-state index in [-0.39, 0.29) is 12.3 Å². The fourth-order valence-corrected chi connectivity index (χ4v) is 2.29. The van der Waals surface area contributed by atoms with Gasteiger partial charge in [0.2, 0.25) is 0 Å². The van der Waals surface area contributed by atoms with Crippen molar-refractivity contribution in [1.82, 2.24) is 10.6 Å². The van der Waals surface area contributed by atoms with Crippen LogP contribution in [0.25, 0.3) is 0 Å². The van der Waals surface area contributed by atoms with E-state index >= 15 is 0 Å². The minimum Gasteiger partial charge on any atom is -0.480 e. The Bertz CT molecular complexity index is 717. The standard InChI is InChI=1S/C19H20N2O4/c22-17(14-8-3-1-4-9-14)20-13-7-12-16(19(24)25)21-18(23)15-10-5-2-6-11-15/h1-6,8-11,16H,7,12-13H2,(H,20,22)(H,21,23)(H,24,25)/t16-/m1/s1. The molecule has 0 radical (unpaired) electrons. The summed E-state index contributed by atoms with van der Waals surface area (Å²) in [5.74, 6) is -1.74. The molecule has 2 rings (SSSR count). The van der Waals surface area contributed by atoms with Crippen molar-refractivity contribution in [2.45, 2.75) is 18.9 Å². The van der Waals surface area contributed by atoms with Crippen molar-refractivity contribution in [3.63, 3.8) is 0 Å². The van der Waals surface area contributed by atoms with Crippen molar-refractivity contribution in [2.75, 3.05) is 6.54 Å². The van der Waals surface area contributed by atoms with Crippen molar-refractivity contribution in [3.05, 3.63) is 71.8 Å². The highest BCUT2D eigenvalue weighted by Gasteiger charge is 2.20. The Labute approximate surface area is 145 Å². The van der Waals surface area contributed by atoms with E-state index in [1.165, 1.54) is 0 Å². The molecule has 0 aromatic heterocycles. The third-order valence-corrected chi connectivity index (χ3v) is 3.63. The second-order valence-electron chi connectivity index (χ2n) is 5.49. The topological polar surface area (TPSA) is 95.5 Å². The van der Waals surface area contributed by atoms with Gasteiger partial charge in [-0.1, -0.05) is 36.4 Å². The number of carboxylic acid groups (broad SMARTS) is 1. The summed E-state index contributed by atoms with van der Waals surface area (Å²) >= 11 is 0. The minimum absolute atomic E-state index is 0.208. The molecule has 0 saturated heterocycles. The Morgan fingerprint density at radius 3 is 1.88 bits per heavy atom. The molecule has 6 nitrogen and oxygen atoms in total. The molecule has 2 aromatic rings. The van der Waals surface area contributed by atoms with Gasteiger partial charge in [0.15, 0.2) is 0 Å². The van der Waals surface area contributed by atoms with Crippen molar-refractivity contribution in [1.29, 1.82) is 0 Å². The van der Waals surface area contributed by atoms with Crippen LogP contribution in [0, 0.1) is 0 Å². The van der Waals surface area contributed by atoms with Gasteiger partial charge in [-0.05, 0) is 37.1 Å². The van der Waals surface area contributed by atoms with E-state index in [1.54, 1.807) is 54.6 Å². The number of amides is 2. The molecule has 2 amide bonds. The molecule has 3 N–H and O–H groups in total. The van der Waals surface area contributed by atoms with Crippen LogP contribution in [-0.2, 0) is 4.79 Å². The number of hydrogen-bond acceptors (Lipinski definition) is 3. The molecule has 0 heterocycles. The van der Waals surface area contributed by atoms with E-state index in [2.05, 4.69) is 10.6 Å². The van der Waals surface area contributed by atoms with E-state index in [1.807, 2.05) is 6.07 Å². The van der Waals surface area contributed by atoms with Crippen molar-refractivity contribution in [2.24, 2.45) is 0 Å². The fraction of sp³-hybridized carbons (Fsp3) is 0.211. The highest BCUT2D eigenvalue weighted by Crippen LogP contribution is 2.03. The summed E-state index contributed by atoms with van der Waals surface area (Å²) in [6.45, 7) is 0.332. The van der Waals surface area contributed by atoms with E-state index in [9.17, 15) is 19.5 Å². The van der Waals surface area contributed by atoms with Crippen molar-refractivity contribution >= 4 is 17.8 Å². The zero-order valence-electron chi connectivity index (χ0n) is 13.6. The third kappa shape index (κ3) is 5.76. The fourth-order valence-electron chi connectivity index (χ4n) is 2.29. The van der Waals surface area contributed by atoms with E-state index in [0.29, 0.717) is 24.1 Å². The Hall–Kier alpha value is -3.15. The first-order chi connectivity index (χ1) is 12.1. The van der Waals surface area contributed by atoms with Gasteiger partial charge in [-0.25, -0.2) is 4.79 Å². The molecule has 0 aliphatic heterocycles. The molecular formula is C19H20N2O4. The lowest BCUT2D eigenvalue weighted by atomic mass is 10.1. The number of benzene rings is 2. The summed E-state index contributed by atoms with van der Waals surface area (Å²) in [4.78, 5) is 35.2. The first-order valence-electron chi connectivity index (χ1n) is 8.00. The van der Waals surface area contributed by atoms with E-state index in [0.717, 1.165) is 0 Å². The monoisotopic (exact) mass is 340 g/mol. The van der Waals surface area contributed by atoms with Crippen LogP contribution in [-0.4, -0.2) is 35.5 Å². The van der Waals surface area contributed by atoms with Crippen LogP contribution in [0.5, 0.6) is 0 Å². The zero-order chi connectivity index (χ0) is 18.1. The normalized spacial score (nSPS) is 11.4. The molecule has 6 heteroatoms. The quantitative estimate of drug-likeness (QED) is 0.641. The van der Waals surface area contributed by atoms with Crippen molar-refractivity contribution in [3.8, 4) is 0 Å². The van der Waals surface area contributed by atoms with Crippen LogP contribution < -0.4 is 10.6 Å². The van der Waals surface area contributed by atoms with Crippen LogP contribution in [0.1, 0.15) is 33.6 Å². The molecule has 0 saturated carbocycles. The number of rotatable bonds is 8. The molecule has 0 spiro atoms. The summed E-state index contributed by atoms with van der Waals surface area (Å²) < 4.78 is 0. The maximum Gasteiger partial charge on any atom is 0.326 e. The van der Waals surface area contributed by atoms with Crippen molar-refractivity contribution < 1.29 is 19.5 Å². The van der Waals surface area contributed by atoms with E-state index < -0.39 is 17.9 Å². The molecule has 1 atom stereocenters. The van der Waals surface area contributed by atoms with Gasteiger partial charge in [-0.15, -0.1) is 0 Å².